The van der Waals surface area contributed by atoms with E-state index in [1.165, 1.54) is 0 Å². The van der Waals surface area contributed by atoms with Crippen LogP contribution < -0.4 is 10.6 Å². The number of hydrogen-bond acceptors (Lipinski definition) is 4. The summed E-state index contributed by atoms with van der Waals surface area (Å²) in [6.45, 7) is 5.05. The molecule has 0 radical (unpaired) electrons. The zero-order valence-corrected chi connectivity index (χ0v) is 9.89. The zero-order valence-electron chi connectivity index (χ0n) is 9.89. The Bertz CT molecular complexity index is 356. The standard InChI is InChI=1S/C12H19N3O/c1-9-6-15(7-10(9)8-16-2)12-11(13)4-3-5-14-12/h3-5,9-10H,6-8,13H2,1-2H3. The Morgan fingerprint density at radius 3 is 3.06 bits per heavy atom. The first-order valence-electron chi connectivity index (χ1n) is 5.66. The van der Waals surface area contributed by atoms with Gasteiger partial charge in [-0.1, -0.05) is 6.92 Å². The summed E-state index contributed by atoms with van der Waals surface area (Å²) in [6.07, 6.45) is 1.79. The van der Waals surface area contributed by atoms with Gasteiger partial charge in [0, 0.05) is 32.3 Å². The fraction of sp³-hybridized carbons (Fsp3) is 0.583. The fourth-order valence-corrected chi connectivity index (χ4v) is 2.31. The monoisotopic (exact) mass is 221 g/mol. The third kappa shape index (κ3) is 2.11. The van der Waals surface area contributed by atoms with Gasteiger partial charge < -0.3 is 15.4 Å². The largest absolute Gasteiger partial charge is 0.396 e. The summed E-state index contributed by atoms with van der Waals surface area (Å²) in [5.41, 5.74) is 6.69. The van der Waals surface area contributed by atoms with Crippen LogP contribution in [0.25, 0.3) is 0 Å². The number of anilines is 2. The van der Waals surface area contributed by atoms with Crippen LogP contribution in [0.4, 0.5) is 11.5 Å². The maximum absolute atomic E-state index is 5.93. The smallest absolute Gasteiger partial charge is 0.151 e. The van der Waals surface area contributed by atoms with Gasteiger partial charge in [-0.15, -0.1) is 0 Å². The minimum Gasteiger partial charge on any atom is -0.396 e. The molecule has 0 bridgehead atoms. The molecule has 2 unspecified atom stereocenters. The molecule has 0 amide bonds. The summed E-state index contributed by atoms with van der Waals surface area (Å²) < 4.78 is 5.23. The second-order valence-electron chi connectivity index (χ2n) is 4.51. The summed E-state index contributed by atoms with van der Waals surface area (Å²) in [5.74, 6) is 2.11. The van der Waals surface area contributed by atoms with E-state index >= 15 is 0 Å². The zero-order chi connectivity index (χ0) is 11.5. The lowest BCUT2D eigenvalue weighted by molar-refractivity contribution is 0.144. The minimum absolute atomic E-state index is 0.575. The Balaban J connectivity index is 2.11. The highest BCUT2D eigenvalue weighted by atomic mass is 16.5. The molecule has 2 atom stereocenters. The summed E-state index contributed by atoms with van der Waals surface area (Å²) in [6, 6.07) is 3.77. The van der Waals surface area contributed by atoms with Crippen LogP contribution in [0.15, 0.2) is 18.3 Å². The van der Waals surface area contributed by atoms with E-state index in [4.69, 9.17) is 10.5 Å². The lowest BCUT2D eigenvalue weighted by Gasteiger charge is -2.18. The SMILES string of the molecule is COCC1CN(c2ncccc2N)CC1C. The van der Waals surface area contributed by atoms with E-state index < -0.39 is 0 Å². The number of aromatic nitrogens is 1. The van der Waals surface area contributed by atoms with Crippen molar-refractivity contribution in [3.63, 3.8) is 0 Å². The second-order valence-corrected chi connectivity index (χ2v) is 4.51. The van der Waals surface area contributed by atoms with Gasteiger partial charge in [-0.2, -0.15) is 0 Å². The normalized spacial score (nSPS) is 25.0. The van der Waals surface area contributed by atoms with Crippen LogP contribution >= 0.6 is 0 Å². The van der Waals surface area contributed by atoms with Gasteiger partial charge in [0.15, 0.2) is 5.82 Å². The van der Waals surface area contributed by atoms with E-state index in [1.807, 2.05) is 12.1 Å². The van der Waals surface area contributed by atoms with E-state index in [9.17, 15) is 0 Å². The fourth-order valence-electron chi connectivity index (χ4n) is 2.31. The molecule has 0 saturated carbocycles. The average Bonchev–Trinajstić information content (AvgIpc) is 2.61. The number of methoxy groups -OCH3 is 1. The van der Waals surface area contributed by atoms with Crippen LogP contribution in [0.5, 0.6) is 0 Å². The lowest BCUT2D eigenvalue weighted by atomic mass is 10.00. The van der Waals surface area contributed by atoms with Crippen LogP contribution in [-0.2, 0) is 4.74 Å². The molecule has 4 nitrogen and oxygen atoms in total. The Hall–Kier alpha value is -1.29. The molecule has 1 saturated heterocycles. The van der Waals surface area contributed by atoms with E-state index in [0.29, 0.717) is 11.8 Å². The van der Waals surface area contributed by atoms with Gasteiger partial charge >= 0.3 is 0 Å². The van der Waals surface area contributed by atoms with Crippen LogP contribution in [0.1, 0.15) is 6.92 Å². The van der Waals surface area contributed by atoms with Crippen molar-refractivity contribution in [2.75, 3.05) is 37.4 Å². The molecule has 0 aromatic carbocycles. The van der Waals surface area contributed by atoms with Crippen molar-refractivity contribution in [3.05, 3.63) is 18.3 Å². The molecule has 1 fully saturated rings. The first-order valence-corrected chi connectivity index (χ1v) is 5.66. The topological polar surface area (TPSA) is 51.4 Å². The molecule has 1 aromatic heterocycles. The van der Waals surface area contributed by atoms with E-state index in [1.54, 1.807) is 13.3 Å². The first kappa shape index (κ1) is 11.2. The third-order valence-electron chi connectivity index (χ3n) is 3.27. The lowest BCUT2D eigenvalue weighted by Crippen LogP contribution is -2.23. The van der Waals surface area contributed by atoms with Crippen molar-refractivity contribution < 1.29 is 4.74 Å². The summed E-state index contributed by atoms with van der Waals surface area (Å²) in [7, 11) is 1.75. The molecule has 1 aliphatic rings. The second kappa shape index (κ2) is 4.70. The van der Waals surface area contributed by atoms with E-state index in [0.717, 1.165) is 31.2 Å². The molecule has 2 N–H and O–H groups in total. The highest BCUT2D eigenvalue weighted by molar-refractivity contribution is 5.62. The molecule has 1 aromatic rings. The molecule has 16 heavy (non-hydrogen) atoms. The molecule has 2 heterocycles. The quantitative estimate of drug-likeness (QED) is 0.838. The van der Waals surface area contributed by atoms with Gasteiger partial charge in [-0.05, 0) is 18.1 Å². The van der Waals surface area contributed by atoms with Crippen LogP contribution in [-0.4, -0.2) is 31.8 Å². The minimum atomic E-state index is 0.575. The van der Waals surface area contributed by atoms with E-state index in [-0.39, 0.29) is 0 Å². The number of ether oxygens (including phenoxy) is 1. The molecule has 0 spiro atoms. The number of nitrogen functional groups attached to an aromatic ring is 1. The Labute approximate surface area is 96.4 Å². The summed E-state index contributed by atoms with van der Waals surface area (Å²) in [4.78, 5) is 6.60. The van der Waals surface area contributed by atoms with Gasteiger partial charge in [0.2, 0.25) is 0 Å². The summed E-state index contributed by atoms with van der Waals surface area (Å²) >= 11 is 0. The number of nitrogens with two attached hydrogens (primary N) is 1. The first-order chi connectivity index (χ1) is 7.72. The molecular formula is C12H19N3O. The number of rotatable bonds is 3. The van der Waals surface area contributed by atoms with Crippen molar-refractivity contribution in [2.45, 2.75) is 6.92 Å². The van der Waals surface area contributed by atoms with Crippen molar-refractivity contribution in [3.8, 4) is 0 Å². The average molecular weight is 221 g/mol. The van der Waals surface area contributed by atoms with Crippen molar-refractivity contribution >= 4 is 11.5 Å². The van der Waals surface area contributed by atoms with Crippen LogP contribution in [0, 0.1) is 11.8 Å². The van der Waals surface area contributed by atoms with Crippen LogP contribution in [0.2, 0.25) is 0 Å². The maximum atomic E-state index is 5.93. The Kier molecular flexibility index (Phi) is 3.29. The predicted octanol–water partition coefficient (Wildman–Crippen LogP) is 1.38. The third-order valence-corrected chi connectivity index (χ3v) is 3.27. The predicted molar refractivity (Wildman–Crippen MR) is 65.4 cm³/mol. The number of nitrogens with zero attached hydrogens (tertiary/aromatic N) is 2. The van der Waals surface area contributed by atoms with Gasteiger partial charge in [0.1, 0.15) is 0 Å². The highest BCUT2D eigenvalue weighted by Crippen LogP contribution is 2.29. The Morgan fingerprint density at radius 1 is 1.56 bits per heavy atom. The van der Waals surface area contributed by atoms with Crippen molar-refractivity contribution in [1.82, 2.24) is 4.98 Å². The number of hydrogen-bond donors (Lipinski definition) is 1. The molecule has 4 heteroatoms. The Morgan fingerprint density at radius 2 is 2.38 bits per heavy atom. The van der Waals surface area contributed by atoms with Gasteiger partial charge in [-0.3, -0.25) is 0 Å². The van der Waals surface area contributed by atoms with Gasteiger partial charge in [0.25, 0.3) is 0 Å². The molecule has 1 aliphatic heterocycles. The van der Waals surface area contributed by atoms with Crippen LogP contribution in [0.3, 0.4) is 0 Å². The maximum Gasteiger partial charge on any atom is 0.151 e. The molecular weight excluding hydrogens is 202 g/mol. The van der Waals surface area contributed by atoms with Crippen molar-refractivity contribution in [1.29, 1.82) is 0 Å². The number of pyridine rings is 1. The molecule has 2 rings (SSSR count). The molecule has 88 valence electrons. The van der Waals surface area contributed by atoms with E-state index in [2.05, 4.69) is 16.8 Å². The highest BCUT2D eigenvalue weighted by Gasteiger charge is 2.30. The van der Waals surface area contributed by atoms with Crippen molar-refractivity contribution in [2.24, 2.45) is 11.8 Å². The van der Waals surface area contributed by atoms with Gasteiger partial charge in [0.05, 0.1) is 12.3 Å². The van der Waals surface area contributed by atoms with Gasteiger partial charge in [-0.25, -0.2) is 4.98 Å². The molecule has 0 aliphatic carbocycles. The summed E-state index contributed by atoms with van der Waals surface area (Å²) in [5, 5.41) is 0.